The Hall–Kier alpha value is -2.74. The van der Waals surface area contributed by atoms with E-state index in [-0.39, 0.29) is 21.5 Å². The molecule has 0 aliphatic rings. The lowest BCUT2D eigenvalue weighted by Gasteiger charge is -1.96. The standard InChI is InChI=1S/C14H10F2N2O8S2.C3H8/c15-27(23,24)3-1-17-11(19)7-5-9-10(6-8(7)12(17)20)14(22)18(13(9)21)2-4-28(16,25)26;1-3-2/h5-6H,1-4H2;3H2,1-2H3. The average Bonchev–Trinajstić information content (AvgIpc) is 3.01. The van der Waals surface area contributed by atoms with Crippen LogP contribution in [0.4, 0.5) is 7.77 Å². The third-order valence-corrected chi connectivity index (χ3v) is 5.52. The second-order valence-corrected chi connectivity index (χ2v) is 9.63. The summed E-state index contributed by atoms with van der Waals surface area (Å²) < 4.78 is 68.7. The average molecular weight is 480 g/mol. The first kappa shape index (κ1) is 24.5. The fraction of sp³-hybridized carbons (Fsp3) is 0.412. The lowest BCUT2D eigenvalue weighted by atomic mass is 10.1. The SMILES string of the molecule is CCC.O=c1c2cc3c(=O)n(CCS(=O)(=O)F)c(=O)c3cc2c(=O)n1CCS(=O)(=O)F. The summed E-state index contributed by atoms with van der Waals surface area (Å²) in [6, 6.07) is 1.89. The van der Waals surface area contributed by atoms with Crippen LogP contribution in [-0.4, -0.2) is 37.5 Å². The monoisotopic (exact) mass is 480 g/mol. The fourth-order valence-electron chi connectivity index (χ4n) is 2.88. The molecule has 0 aliphatic carbocycles. The van der Waals surface area contributed by atoms with Gasteiger partial charge in [-0.25, -0.2) is 0 Å². The molecule has 0 unspecified atom stereocenters. The highest BCUT2D eigenvalue weighted by molar-refractivity contribution is 7.86. The van der Waals surface area contributed by atoms with Crippen LogP contribution in [0.25, 0.3) is 21.5 Å². The van der Waals surface area contributed by atoms with Crippen molar-refractivity contribution in [2.45, 2.75) is 33.4 Å². The quantitative estimate of drug-likeness (QED) is 0.446. The van der Waals surface area contributed by atoms with E-state index < -0.39 is 67.3 Å². The summed E-state index contributed by atoms with van der Waals surface area (Å²) in [5.41, 5.74) is -3.90. The van der Waals surface area contributed by atoms with E-state index in [9.17, 15) is 43.8 Å². The van der Waals surface area contributed by atoms with Crippen LogP contribution in [0.2, 0.25) is 0 Å². The zero-order chi connectivity index (χ0) is 23.7. The minimum Gasteiger partial charge on any atom is -0.273 e. The number of halogens is 2. The van der Waals surface area contributed by atoms with Gasteiger partial charge in [0.1, 0.15) is 0 Å². The molecule has 0 saturated heterocycles. The van der Waals surface area contributed by atoms with Gasteiger partial charge in [-0.3, -0.25) is 28.3 Å². The van der Waals surface area contributed by atoms with Crippen molar-refractivity contribution in [2.24, 2.45) is 0 Å². The van der Waals surface area contributed by atoms with Crippen molar-refractivity contribution in [3.8, 4) is 0 Å². The topological polar surface area (TPSA) is 146 Å². The van der Waals surface area contributed by atoms with E-state index in [1.165, 1.54) is 6.42 Å². The molecule has 0 radical (unpaired) electrons. The van der Waals surface area contributed by atoms with E-state index >= 15 is 0 Å². The highest BCUT2D eigenvalue weighted by atomic mass is 32.3. The molecule has 10 nitrogen and oxygen atoms in total. The maximum absolute atomic E-state index is 12.7. The van der Waals surface area contributed by atoms with Crippen LogP contribution in [0, 0.1) is 0 Å². The molecule has 0 aliphatic heterocycles. The molecule has 0 amide bonds. The number of aromatic nitrogens is 2. The lowest BCUT2D eigenvalue weighted by Crippen LogP contribution is -2.28. The Bertz CT molecular complexity index is 1370. The van der Waals surface area contributed by atoms with Crippen LogP contribution in [0.15, 0.2) is 31.3 Å². The molecular formula is C17H18F2N2O8S2. The zero-order valence-corrected chi connectivity index (χ0v) is 18.1. The zero-order valence-electron chi connectivity index (χ0n) is 16.4. The van der Waals surface area contributed by atoms with Crippen molar-refractivity contribution in [1.29, 1.82) is 0 Å². The Morgan fingerprint density at radius 2 is 0.871 bits per heavy atom. The molecule has 3 rings (SSSR count). The third kappa shape index (κ3) is 5.31. The first-order valence-electron chi connectivity index (χ1n) is 8.96. The van der Waals surface area contributed by atoms with Gasteiger partial charge in [-0.05, 0) is 12.1 Å². The molecule has 0 spiro atoms. The molecule has 1 aromatic carbocycles. The molecule has 0 atom stereocenters. The molecule has 170 valence electrons. The van der Waals surface area contributed by atoms with Gasteiger partial charge in [0.05, 0.1) is 33.1 Å². The normalized spacial score (nSPS) is 12.3. The Labute approximate surface area is 174 Å². The van der Waals surface area contributed by atoms with E-state index in [2.05, 4.69) is 13.8 Å². The van der Waals surface area contributed by atoms with Crippen LogP contribution < -0.4 is 22.2 Å². The van der Waals surface area contributed by atoms with Crippen LogP contribution >= 0.6 is 0 Å². The van der Waals surface area contributed by atoms with Crippen molar-refractivity contribution < 1.29 is 24.6 Å². The third-order valence-electron chi connectivity index (χ3n) is 4.18. The fourth-order valence-corrected chi connectivity index (χ4v) is 3.68. The second-order valence-electron chi connectivity index (χ2n) is 6.66. The first-order valence-corrected chi connectivity index (χ1v) is 12.1. The summed E-state index contributed by atoms with van der Waals surface area (Å²) in [6.45, 7) is 2.75. The van der Waals surface area contributed by atoms with Crippen molar-refractivity contribution in [2.75, 3.05) is 11.5 Å². The highest BCUT2D eigenvalue weighted by Crippen LogP contribution is 2.14. The van der Waals surface area contributed by atoms with Gasteiger partial charge in [0.25, 0.3) is 22.2 Å². The van der Waals surface area contributed by atoms with Crippen molar-refractivity contribution in [3.05, 3.63) is 53.5 Å². The number of hydrogen-bond donors (Lipinski definition) is 0. The van der Waals surface area contributed by atoms with Gasteiger partial charge < -0.3 is 0 Å². The lowest BCUT2D eigenvalue weighted by molar-refractivity contribution is 0.541. The molecular weight excluding hydrogens is 462 g/mol. The van der Waals surface area contributed by atoms with E-state index in [0.29, 0.717) is 9.13 Å². The number of hydrogen-bond acceptors (Lipinski definition) is 8. The minimum atomic E-state index is -4.94. The number of nitrogens with zero attached hydrogens (tertiary/aromatic N) is 2. The van der Waals surface area contributed by atoms with Gasteiger partial charge >= 0.3 is 20.4 Å². The van der Waals surface area contributed by atoms with E-state index in [0.717, 1.165) is 12.1 Å². The van der Waals surface area contributed by atoms with E-state index in [1.54, 1.807) is 0 Å². The second kappa shape index (κ2) is 8.78. The van der Waals surface area contributed by atoms with Gasteiger partial charge in [0.2, 0.25) is 0 Å². The molecule has 2 heterocycles. The summed E-state index contributed by atoms with van der Waals surface area (Å²) in [4.78, 5) is 49.2. The predicted molar refractivity (Wildman–Crippen MR) is 111 cm³/mol. The molecule has 0 N–H and O–H groups in total. The summed E-state index contributed by atoms with van der Waals surface area (Å²) in [7, 11) is -9.88. The van der Waals surface area contributed by atoms with Crippen LogP contribution in [0.3, 0.4) is 0 Å². The smallest absolute Gasteiger partial charge is 0.273 e. The van der Waals surface area contributed by atoms with Gasteiger partial charge in [0.15, 0.2) is 0 Å². The number of fused-ring (bicyclic) bond motifs is 2. The molecule has 31 heavy (non-hydrogen) atoms. The van der Waals surface area contributed by atoms with Crippen molar-refractivity contribution in [3.63, 3.8) is 0 Å². The Balaban J connectivity index is 0.00000107. The minimum absolute atomic E-state index is 0.291. The summed E-state index contributed by atoms with van der Waals surface area (Å²) in [5, 5.41) is -1.16. The maximum atomic E-state index is 12.7. The predicted octanol–water partition coefficient (Wildman–Crippen LogP) is -0.0727. The highest BCUT2D eigenvalue weighted by Gasteiger charge is 2.21. The van der Waals surface area contributed by atoms with Gasteiger partial charge in [-0.1, -0.05) is 20.3 Å². The molecule has 0 fully saturated rings. The maximum Gasteiger partial charge on any atom is 0.304 e. The largest absolute Gasteiger partial charge is 0.304 e. The molecule has 3 aromatic rings. The summed E-state index contributed by atoms with van der Waals surface area (Å²) >= 11 is 0. The molecule has 0 saturated carbocycles. The van der Waals surface area contributed by atoms with Crippen molar-refractivity contribution in [1.82, 2.24) is 9.13 Å². The van der Waals surface area contributed by atoms with E-state index in [1.807, 2.05) is 0 Å². The Morgan fingerprint density at radius 3 is 1.06 bits per heavy atom. The van der Waals surface area contributed by atoms with Gasteiger partial charge in [-0.2, -0.15) is 16.8 Å². The van der Waals surface area contributed by atoms with Gasteiger partial charge in [-0.15, -0.1) is 7.77 Å². The molecule has 14 heteroatoms. The molecule has 2 aromatic heterocycles. The van der Waals surface area contributed by atoms with Gasteiger partial charge in [0, 0.05) is 13.1 Å². The van der Waals surface area contributed by atoms with Crippen molar-refractivity contribution >= 4 is 42.0 Å². The summed E-state index contributed by atoms with van der Waals surface area (Å²) in [6.07, 6.45) is 1.25. The first-order chi connectivity index (χ1) is 14.2. The summed E-state index contributed by atoms with van der Waals surface area (Å²) in [5.74, 6) is -2.22. The Kier molecular flexibility index (Phi) is 6.95. The molecule has 0 bridgehead atoms. The number of rotatable bonds is 6. The van der Waals surface area contributed by atoms with E-state index in [4.69, 9.17) is 0 Å². The van der Waals surface area contributed by atoms with Crippen LogP contribution in [0.5, 0.6) is 0 Å². The van der Waals surface area contributed by atoms with Crippen LogP contribution in [0.1, 0.15) is 20.3 Å². The van der Waals surface area contributed by atoms with Crippen LogP contribution in [-0.2, 0) is 33.5 Å². The number of benzene rings is 1. The Morgan fingerprint density at radius 1 is 0.645 bits per heavy atom.